The van der Waals surface area contributed by atoms with Gasteiger partial charge >= 0.3 is 0 Å². The van der Waals surface area contributed by atoms with Gasteiger partial charge in [0, 0.05) is 6.04 Å². The first-order valence-corrected chi connectivity index (χ1v) is 5.85. The number of hydrogen-bond donors (Lipinski definition) is 1. The van der Waals surface area contributed by atoms with Crippen LogP contribution < -0.4 is 5.73 Å². The fourth-order valence-corrected chi connectivity index (χ4v) is 1.84. The van der Waals surface area contributed by atoms with E-state index < -0.39 is 0 Å². The first-order chi connectivity index (χ1) is 8.27. The van der Waals surface area contributed by atoms with Crippen LogP contribution in [0.4, 0.5) is 0 Å². The van der Waals surface area contributed by atoms with Crippen LogP contribution in [0, 0.1) is 0 Å². The molecular weight excluding hydrogens is 206 g/mol. The normalized spacial score (nSPS) is 13.4. The summed E-state index contributed by atoms with van der Waals surface area (Å²) in [5.74, 6) is 0. The molecule has 1 heteroatoms. The standard InChI is InChI=1S/C16H17N/c1-13(17)16(15-10-6-3-7-11-15)12-14-8-4-2-5-9-14/h2-13H,17H2,1H3/b16-12-/t13-/m1/s1. The molecule has 0 heterocycles. The van der Waals surface area contributed by atoms with Gasteiger partial charge in [-0.2, -0.15) is 0 Å². The number of benzene rings is 2. The Hall–Kier alpha value is -1.86. The monoisotopic (exact) mass is 223 g/mol. The van der Waals surface area contributed by atoms with Crippen LogP contribution in [0.3, 0.4) is 0 Å². The summed E-state index contributed by atoms with van der Waals surface area (Å²) in [4.78, 5) is 0. The summed E-state index contributed by atoms with van der Waals surface area (Å²) in [7, 11) is 0. The van der Waals surface area contributed by atoms with Gasteiger partial charge < -0.3 is 5.73 Å². The molecule has 2 N–H and O–H groups in total. The molecule has 0 spiro atoms. The average molecular weight is 223 g/mol. The molecular formula is C16H17N. The number of rotatable bonds is 3. The Morgan fingerprint density at radius 2 is 1.47 bits per heavy atom. The third-order valence-electron chi connectivity index (χ3n) is 2.72. The third-order valence-corrected chi connectivity index (χ3v) is 2.72. The van der Waals surface area contributed by atoms with Gasteiger partial charge in [-0.15, -0.1) is 0 Å². The van der Waals surface area contributed by atoms with Gasteiger partial charge in [-0.1, -0.05) is 60.7 Å². The molecule has 0 aromatic heterocycles. The highest BCUT2D eigenvalue weighted by molar-refractivity contribution is 5.83. The Bertz CT molecular complexity index is 483. The fraction of sp³-hybridized carbons (Fsp3) is 0.125. The van der Waals surface area contributed by atoms with Crippen molar-refractivity contribution in [1.29, 1.82) is 0 Å². The van der Waals surface area contributed by atoms with Crippen molar-refractivity contribution in [2.45, 2.75) is 13.0 Å². The summed E-state index contributed by atoms with van der Waals surface area (Å²) in [6.45, 7) is 2.02. The highest BCUT2D eigenvalue weighted by Gasteiger charge is 2.05. The zero-order valence-electron chi connectivity index (χ0n) is 10.0. The van der Waals surface area contributed by atoms with Crippen molar-refractivity contribution in [3.63, 3.8) is 0 Å². The second kappa shape index (κ2) is 5.46. The van der Waals surface area contributed by atoms with E-state index in [0.29, 0.717) is 0 Å². The Kier molecular flexibility index (Phi) is 3.73. The Balaban J connectivity index is 2.40. The number of nitrogens with two attached hydrogens (primary N) is 1. The molecule has 2 aromatic carbocycles. The van der Waals surface area contributed by atoms with Gasteiger partial charge in [0.25, 0.3) is 0 Å². The van der Waals surface area contributed by atoms with E-state index >= 15 is 0 Å². The molecule has 0 aliphatic carbocycles. The van der Waals surface area contributed by atoms with Crippen molar-refractivity contribution in [2.24, 2.45) is 5.73 Å². The lowest BCUT2D eigenvalue weighted by Gasteiger charge is -2.12. The summed E-state index contributed by atoms with van der Waals surface area (Å²) in [5.41, 5.74) is 9.58. The lowest BCUT2D eigenvalue weighted by Crippen LogP contribution is -2.16. The molecule has 0 amide bonds. The first-order valence-electron chi connectivity index (χ1n) is 5.85. The Morgan fingerprint density at radius 3 is 2.00 bits per heavy atom. The van der Waals surface area contributed by atoms with E-state index in [-0.39, 0.29) is 6.04 Å². The molecule has 0 fully saturated rings. The molecule has 0 aliphatic heterocycles. The molecule has 0 aliphatic rings. The van der Waals surface area contributed by atoms with Gasteiger partial charge in [0.05, 0.1) is 0 Å². The fourth-order valence-electron chi connectivity index (χ4n) is 1.84. The minimum Gasteiger partial charge on any atom is -0.324 e. The summed E-state index contributed by atoms with van der Waals surface area (Å²) < 4.78 is 0. The summed E-state index contributed by atoms with van der Waals surface area (Å²) in [5, 5.41) is 0. The van der Waals surface area contributed by atoms with Crippen molar-refractivity contribution in [3.8, 4) is 0 Å². The van der Waals surface area contributed by atoms with E-state index in [1.165, 1.54) is 11.1 Å². The second-order valence-electron chi connectivity index (χ2n) is 4.17. The van der Waals surface area contributed by atoms with Crippen LogP contribution in [0.15, 0.2) is 60.7 Å². The molecule has 86 valence electrons. The zero-order valence-corrected chi connectivity index (χ0v) is 10.0. The van der Waals surface area contributed by atoms with Crippen LogP contribution in [0.5, 0.6) is 0 Å². The van der Waals surface area contributed by atoms with E-state index in [4.69, 9.17) is 5.73 Å². The quantitative estimate of drug-likeness (QED) is 0.791. The topological polar surface area (TPSA) is 26.0 Å². The molecule has 1 nitrogen and oxygen atoms in total. The van der Waals surface area contributed by atoms with Crippen molar-refractivity contribution in [1.82, 2.24) is 0 Å². The van der Waals surface area contributed by atoms with Crippen LogP contribution in [0.2, 0.25) is 0 Å². The maximum absolute atomic E-state index is 6.05. The molecule has 0 bridgehead atoms. The van der Waals surface area contributed by atoms with Crippen LogP contribution >= 0.6 is 0 Å². The average Bonchev–Trinajstić information content (AvgIpc) is 2.38. The summed E-state index contributed by atoms with van der Waals surface area (Å²) in [6.07, 6.45) is 2.15. The zero-order chi connectivity index (χ0) is 12.1. The minimum absolute atomic E-state index is 0.0256. The van der Waals surface area contributed by atoms with E-state index in [1.807, 2.05) is 43.3 Å². The van der Waals surface area contributed by atoms with Crippen molar-refractivity contribution in [3.05, 3.63) is 71.8 Å². The Morgan fingerprint density at radius 1 is 0.941 bits per heavy atom. The lowest BCUT2D eigenvalue weighted by molar-refractivity contribution is 0.950. The summed E-state index contributed by atoms with van der Waals surface area (Å²) in [6, 6.07) is 20.6. The van der Waals surface area contributed by atoms with Gasteiger partial charge in [-0.05, 0) is 29.7 Å². The largest absolute Gasteiger partial charge is 0.324 e. The van der Waals surface area contributed by atoms with Gasteiger partial charge in [-0.25, -0.2) is 0 Å². The van der Waals surface area contributed by atoms with E-state index in [0.717, 1.165) is 5.57 Å². The van der Waals surface area contributed by atoms with Gasteiger partial charge in [0.1, 0.15) is 0 Å². The van der Waals surface area contributed by atoms with Crippen LogP contribution in [-0.2, 0) is 0 Å². The van der Waals surface area contributed by atoms with E-state index in [1.54, 1.807) is 0 Å². The van der Waals surface area contributed by atoms with Crippen LogP contribution in [-0.4, -0.2) is 6.04 Å². The molecule has 0 saturated heterocycles. The van der Waals surface area contributed by atoms with Crippen molar-refractivity contribution < 1.29 is 0 Å². The lowest BCUT2D eigenvalue weighted by atomic mass is 9.97. The number of hydrogen-bond acceptors (Lipinski definition) is 1. The van der Waals surface area contributed by atoms with E-state index in [2.05, 4.69) is 30.3 Å². The molecule has 2 rings (SSSR count). The molecule has 0 radical (unpaired) electrons. The second-order valence-corrected chi connectivity index (χ2v) is 4.17. The SMILES string of the molecule is C[C@@H](N)/C(=C/c1ccccc1)c1ccccc1. The molecule has 0 unspecified atom stereocenters. The van der Waals surface area contributed by atoms with Gasteiger partial charge in [-0.3, -0.25) is 0 Å². The van der Waals surface area contributed by atoms with Gasteiger partial charge in [0.15, 0.2) is 0 Å². The predicted octanol–water partition coefficient (Wildman–Crippen LogP) is 3.57. The van der Waals surface area contributed by atoms with E-state index in [9.17, 15) is 0 Å². The van der Waals surface area contributed by atoms with Crippen LogP contribution in [0.1, 0.15) is 18.1 Å². The highest BCUT2D eigenvalue weighted by Crippen LogP contribution is 2.20. The van der Waals surface area contributed by atoms with Crippen molar-refractivity contribution in [2.75, 3.05) is 0 Å². The molecule has 2 aromatic rings. The molecule has 1 atom stereocenters. The Labute approximate surface area is 103 Å². The minimum atomic E-state index is 0.0256. The predicted molar refractivity (Wildman–Crippen MR) is 74.4 cm³/mol. The first kappa shape index (κ1) is 11.6. The maximum Gasteiger partial charge on any atom is 0.0272 e. The molecule has 17 heavy (non-hydrogen) atoms. The summed E-state index contributed by atoms with van der Waals surface area (Å²) >= 11 is 0. The van der Waals surface area contributed by atoms with Crippen LogP contribution in [0.25, 0.3) is 11.6 Å². The third kappa shape index (κ3) is 3.05. The smallest absolute Gasteiger partial charge is 0.0272 e. The van der Waals surface area contributed by atoms with Crippen molar-refractivity contribution >= 4 is 11.6 Å². The highest BCUT2D eigenvalue weighted by atomic mass is 14.6. The van der Waals surface area contributed by atoms with Gasteiger partial charge in [0.2, 0.25) is 0 Å². The maximum atomic E-state index is 6.05. The molecule has 0 saturated carbocycles.